The number of fused-ring (bicyclic) bond motifs is 5. The molecule has 10 nitrogen and oxygen atoms in total. The van der Waals surface area contributed by atoms with E-state index < -0.39 is 12.2 Å². The van der Waals surface area contributed by atoms with Crippen LogP contribution in [0.25, 0.3) is 11.1 Å². The average Bonchev–Trinajstić information content (AvgIpc) is 3.16. The van der Waals surface area contributed by atoms with Crippen molar-refractivity contribution in [3.8, 4) is 39.9 Å². The van der Waals surface area contributed by atoms with Crippen LogP contribution in [0.15, 0.2) is 41.4 Å². The zero-order valence-corrected chi connectivity index (χ0v) is 33.2. The predicted molar refractivity (Wildman–Crippen MR) is 217 cm³/mol. The van der Waals surface area contributed by atoms with E-state index >= 15 is 0 Å². The molecule has 1 saturated carbocycles. The Labute approximate surface area is 326 Å². The number of aliphatic hydroxyl groups excluding tert-OH is 2. The maximum absolute atomic E-state index is 11.9. The Morgan fingerprint density at radius 1 is 0.982 bits per heavy atom. The van der Waals surface area contributed by atoms with Crippen molar-refractivity contribution in [3.05, 3.63) is 64.2 Å². The number of hydrogen-bond donors (Lipinski definition) is 6. The Morgan fingerprint density at radius 2 is 1.78 bits per heavy atom. The molecule has 3 aliphatic rings. The number of phenolic OH excluding ortho intramolecular Hbond substituents is 2. The van der Waals surface area contributed by atoms with Gasteiger partial charge in [0.15, 0.2) is 17.5 Å². The highest BCUT2D eigenvalue weighted by atomic mass is 16.5. The monoisotopic (exact) mass is 757 g/mol. The number of guanidine groups is 1. The van der Waals surface area contributed by atoms with E-state index in [4.69, 9.17) is 25.7 Å². The molecule has 0 spiro atoms. The molecule has 0 saturated heterocycles. The van der Waals surface area contributed by atoms with E-state index in [0.29, 0.717) is 47.8 Å². The van der Waals surface area contributed by atoms with Gasteiger partial charge in [0.05, 0.1) is 13.2 Å². The molecule has 1 heterocycles. The molecule has 0 aromatic heterocycles. The Kier molecular flexibility index (Phi) is 13.4. The minimum Gasteiger partial charge on any atom is -0.508 e. The van der Waals surface area contributed by atoms with E-state index in [1.54, 1.807) is 19.2 Å². The molecule has 55 heavy (non-hydrogen) atoms. The molecule has 1 aliphatic heterocycles. The highest BCUT2D eigenvalue weighted by Crippen LogP contribution is 2.54. The predicted octanol–water partition coefficient (Wildman–Crippen LogP) is 7.83. The molecule has 1 fully saturated rings. The number of aromatic hydroxyl groups is 2. The van der Waals surface area contributed by atoms with Crippen LogP contribution >= 0.6 is 0 Å². The first kappa shape index (κ1) is 40.5. The van der Waals surface area contributed by atoms with Crippen LogP contribution in [-0.2, 0) is 19.3 Å². The van der Waals surface area contributed by atoms with Gasteiger partial charge in [0.25, 0.3) is 0 Å². The summed E-state index contributed by atoms with van der Waals surface area (Å²) in [5.41, 5.74) is 18.1. The summed E-state index contributed by atoms with van der Waals surface area (Å²) in [6.45, 7) is 7.26. The number of aliphatic imine (C=N–C) groups is 1. The first-order chi connectivity index (χ1) is 26.5. The minimum atomic E-state index is -0.851. The van der Waals surface area contributed by atoms with Gasteiger partial charge >= 0.3 is 0 Å². The largest absolute Gasteiger partial charge is 0.508 e. The van der Waals surface area contributed by atoms with Gasteiger partial charge in [-0.15, -0.1) is 0 Å². The molecule has 8 N–H and O–H groups in total. The van der Waals surface area contributed by atoms with Crippen molar-refractivity contribution in [1.29, 1.82) is 0 Å². The second-order valence-corrected chi connectivity index (χ2v) is 16.5. The van der Waals surface area contributed by atoms with Gasteiger partial charge in [0, 0.05) is 36.8 Å². The number of benzene rings is 3. The number of nitrogens with zero attached hydrogens (tertiary/aromatic N) is 1. The lowest BCUT2D eigenvalue weighted by Crippen LogP contribution is -2.33. The highest BCUT2D eigenvalue weighted by Gasteiger charge is 2.39. The SMILES string of the molecule is CC[C@H](CCCO)CC[C@H]1Cc2cc(O)c(CC(C)C)cc2-c2c(OC)cc3c(c21)C[C@@H](O)[C@H](c1ccc(O)c(O[C@H]2CCCC[C@@H]2CCN=C(N)N)c1)O3. The van der Waals surface area contributed by atoms with E-state index in [1.165, 1.54) is 0 Å². The van der Waals surface area contributed by atoms with Gasteiger partial charge in [0.2, 0.25) is 0 Å². The standard InChI is InChI=1S/C45H63N3O7/c1-5-27(9-8-18-49)12-13-29-20-31-22-36(51)32(19-26(2)3)21-33(31)43-41(53-4)25-39-34(42(29)43)24-37(52)44(55-39)30-14-15-35(50)40(23-30)54-38-11-7-6-10-28(38)16-17-48-45(46)47/h14-15,21-23,25-29,37-38,44,49-52H,5-13,16-20,24H2,1-4H3,(H4,46,47,48)/t27-,28-,29+,37-,38+,44+/m1/s1. The van der Waals surface area contributed by atoms with Crippen molar-refractivity contribution >= 4 is 5.96 Å². The lowest BCUT2D eigenvalue weighted by Gasteiger charge is -2.38. The van der Waals surface area contributed by atoms with Gasteiger partial charge in [-0.05, 0) is 140 Å². The zero-order valence-electron chi connectivity index (χ0n) is 33.2. The van der Waals surface area contributed by atoms with E-state index in [9.17, 15) is 20.4 Å². The van der Waals surface area contributed by atoms with Gasteiger partial charge in [-0.2, -0.15) is 0 Å². The van der Waals surface area contributed by atoms with E-state index in [0.717, 1.165) is 116 Å². The molecule has 3 aromatic rings. The third-order valence-corrected chi connectivity index (χ3v) is 12.2. The van der Waals surface area contributed by atoms with Crippen LogP contribution in [0.4, 0.5) is 0 Å². The summed E-state index contributed by atoms with van der Waals surface area (Å²) in [5.74, 6) is 3.51. The number of aliphatic hydroxyl groups is 2. The lowest BCUT2D eigenvalue weighted by molar-refractivity contribution is 0.0198. The third-order valence-electron chi connectivity index (χ3n) is 12.2. The lowest BCUT2D eigenvalue weighted by atomic mass is 9.71. The first-order valence-electron chi connectivity index (χ1n) is 20.6. The molecule has 0 radical (unpaired) electrons. The highest BCUT2D eigenvalue weighted by molar-refractivity contribution is 5.83. The second-order valence-electron chi connectivity index (χ2n) is 16.5. The Hall–Kier alpha value is -4.15. The van der Waals surface area contributed by atoms with E-state index in [-0.39, 0.29) is 36.3 Å². The molecule has 2 aliphatic carbocycles. The summed E-state index contributed by atoms with van der Waals surface area (Å²) in [7, 11) is 1.69. The van der Waals surface area contributed by atoms with Crippen LogP contribution in [0.3, 0.4) is 0 Å². The van der Waals surface area contributed by atoms with Crippen LogP contribution in [0.1, 0.15) is 125 Å². The third kappa shape index (κ3) is 9.29. The van der Waals surface area contributed by atoms with Crippen LogP contribution in [0.5, 0.6) is 28.7 Å². The van der Waals surface area contributed by atoms with Gasteiger partial charge in [-0.1, -0.05) is 39.7 Å². The van der Waals surface area contributed by atoms with Gasteiger partial charge in [0.1, 0.15) is 29.5 Å². The van der Waals surface area contributed by atoms with Crippen molar-refractivity contribution in [2.75, 3.05) is 20.3 Å². The minimum absolute atomic E-state index is 0.0486. The Balaban J connectivity index is 1.35. The Morgan fingerprint density at radius 3 is 2.51 bits per heavy atom. The number of nitrogens with two attached hydrogens (primary N) is 2. The molecule has 300 valence electrons. The number of rotatable bonds is 16. The molecule has 6 atom stereocenters. The Bertz CT molecular complexity index is 1810. The molecule has 6 rings (SSSR count). The topological polar surface area (TPSA) is 173 Å². The van der Waals surface area contributed by atoms with Gasteiger partial charge in [-0.3, -0.25) is 4.99 Å². The second kappa shape index (κ2) is 18.2. The number of methoxy groups -OCH3 is 1. The average molecular weight is 758 g/mol. The fourth-order valence-corrected chi connectivity index (χ4v) is 9.37. The summed E-state index contributed by atoms with van der Waals surface area (Å²) in [5, 5.41) is 43.6. The van der Waals surface area contributed by atoms with Crippen molar-refractivity contribution in [3.63, 3.8) is 0 Å². The molecular formula is C45H63N3O7. The number of phenols is 2. The molecule has 10 heteroatoms. The smallest absolute Gasteiger partial charge is 0.185 e. The fraction of sp³-hybridized carbons (Fsp3) is 0.578. The van der Waals surface area contributed by atoms with Crippen molar-refractivity contribution in [2.45, 2.75) is 128 Å². The normalized spacial score (nSPS) is 22.2. The number of ether oxygens (including phenoxy) is 3. The molecule has 0 amide bonds. The van der Waals surface area contributed by atoms with Crippen LogP contribution < -0.4 is 25.7 Å². The summed E-state index contributed by atoms with van der Waals surface area (Å²) in [4.78, 5) is 4.18. The van der Waals surface area contributed by atoms with Crippen LogP contribution in [-0.4, -0.2) is 58.9 Å². The summed E-state index contributed by atoms with van der Waals surface area (Å²) < 4.78 is 19.5. The summed E-state index contributed by atoms with van der Waals surface area (Å²) in [6, 6.07) is 11.3. The van der Waals surface area contributed by atoms with Gasteiger partial charge < -0.3 is 46.1 Å². The summed E-state index contributed by atoms with van der Waals surface area (Å²) >= 11 is 0. The van der Waals surface area contributed by atoms with Gasteiger partial charge in [-0.25, -0.2) is 0 Å². The maximum Gasteiger partial charge on any atom is 0.185 e. The fourth-order valence-electron chi connectivity index (χ4n) is 9.37. The van der Waals surface area contributed by atoms with E-state index in [1.807, 2.05) is 18.2 Å². The molecule has 0 unspecified atom stereocenters. The maximum atomic E-state index is 11.9. The summed E-state index contributed by atoms with van der Waals surface area (Å²) in [6.07, 6.45) is 9.90. The van der Waals surface area contributed by atoms with Crippen molar-refractivity contribution < 1.29 is 34.6 Å². The van der Waals surface area contributed by atoms with Crippen molar-refractivity contribution in [2.24, 2.45) is 34.2 Å². The number of hydrogen-bond acceptors (Lipinski definition) is 8. The molecule has 0 bridgehead atoms. The van der Waals surface area contributed by atoms with Crippen molar-refractivity contribution in [1.82, 2.24) is 0 Å². The zero-order chi connectivity index (χ0) is 39.2. The quantitative estimate of drug-likeness (QED) is 0.0629. The van der Waals surface area contributed by atoms with E-state index in [2.05, 4.69) is 31.8 Å². The van der Waals surface area contributed by atoms with Crippen LogP contribution in [0, 0.1) is 17.8 Å². The first-order valence-corrected chi connectivity index (χ1v) is 20.6. The molecular weight excluding hydrogens is 695 g/mol. The molecule has 3 aromatic carbocycles. The van der Waals surface area contributed by atoms with Crippen LogP contribution in [0.2, 0.25) is 0 Å².